The maximum atomic E-state index is 12.7. The van der Waals surface area contributed by atoms with Gasteiger partial charge in [-0.1, -0.05) is 30.6 Å². The van der Waals surface area contributed by atoms with Crippen LogP contribution in [0.25, 0.3) is 4.96 Å². The number of aromatic nitrogens is 2. The minimum atomic E-state index is -0.254. The molecule has 0 aromatic carbocycles. The first kappa shape index (κ1) is 16.0. The third-order valence-electron chi connectivity index (χ3n) is 4.53. The number of aryl methyl sites for hydroxylation is 1. The van der Waals surface area contributed by atoms with Gasteiger partial charge in [0.05, 0.1) is 13.0 Å². The number of carbonyl (C=O) groups excluding carboxylic acids is 2. The summed E-state index contributed by atoms with van der Waals surface area (Å²) in [6.45, 7) is 1.91. The van der Waals surface area contributed by atoms with Crippen molar-refractivity contribution in [3.8, 4) is 0 Å². The Labute approximate surface area is 138 Å². The standard InChI is InChI=1S/C16H21N3O3S/c1-10-13(23-16-17-8-9-19(10)16)14(20)18-12-7-5-3-4-6-11(12)15(21)22-2/h8-9,11-12H,3-7H2,1-2H3,(H,18,20). The third kappa shape index (κ3) is 3.10. The quantitative estimate of drug-likeness (QED) is 0.691. The van der Waals surface area contributed by atoms with Gasteiger partial charge >= 0.3 is 5.97 Å². The number of esters is 1. The van der Waals surface area contributed by atoms with E-state index in [0.29, 0.717) is 4.88 Å². The summed E-state index contributed by atoms with van der Waals surface area (Å²) in [7, 11) is 1.41. The predicted molar refractivity (Wildman–Crippen MR) is 87.7 cm³/mol. The van der Waals surface area contributed by atoms with Gasteiger partial charge in [-0.05, 0) is 19.8 Å². The third-order valence-corrected chi connectivity index (χ3v) is 5.70. The van der Waals surface area contributed by atoms with Crippen LogP contribution in [0.2, 0.25) is 0 Å². The Morgan fingerprint density at radius 2 is 2.13 bits per heavy atom. The van der Waals surface area contributed by atoms with E-state index in [2.05, 4.69) is 10.3 Å². The molecule has 0 bridgehead atoms. The van der Waals surface area contributed by atoms with Gasteiger partial charge in [0.15, 0.2) is 4.96 Å². The zero-order valence-corrected chi connectivity index (χ0v) is 14.2. The molecule has 1 N–H and O–H groups in total. The summed E-state index contributed by atoms with van der Waals surface area (Å²) < 4.78 is 6.83. The molecule has 1 fully saturated rings. The number of fused-ring (bicyclic) bond motifs is 1. The minimum Gasteiger partial charge on any atom is -0.469 e. The van der Waals surface area contributed by atoms with Crippen LogP contribution in [0.5, 0.6) is 0 Å². The van der Waals surface area contributed by atoms with Crippen molar-refractivity contribution < 1.29 is 14.3 Å². The predicted octanol–water partition coefficient (Wildman–Crippen LogP) is 2.56. The summed E-state index contributed by atoms with van der Waals surface area (Å²) in [5.74, 6) is -0.607. The topological polar surface area (TPSA) is 72.7 Å². The Hall–Kier alpha value is -1.89. The highest BCUT2D eigenvalue weighted by Gasteiger charge is 2.32. The molecule has 124 valence electrons. The maximum Gasteiger partial charge on any atom is 0.310 e. The monoisotopic (exact) mass is 335 g/mol. The van der Waals surface area contributed by atoms with Crippen LogP contribution in [-0.4, -0.2) is 34.4 Å². The van der Waals surface area contributed by atoms with Gasteiger partial charge in [0.2, 0.25) is 0 Å². The average molecular weight is 335 g/mol. The number of rotatable bonds is 3. The number of amides is 1. The van der Waals surface area contributed by atoms with Crippen LogP contribution < -0.4 is 5.32 Å². The first-order chi connectivity index (χ1) is 11.1. The van der Waals surface area contributed by atoms with Crippen LogP contribution in [0, 0.1) is 12.8 Å². The number of methoxy groups -OCH3 is 1. The molecule has 1 amide bonds. The molecule has 6 nitrogen and oxygen atoms in total. The number of thiazole rings is 1. The Bertz CT molecular complexity index is 721. The molecule has 0 radical (unpaired) electrons. The van der Waals surface area contributed by atoms with E-state index in [9.17, 15) is 9.59 Å². The van der Waals surface area contributed by atoms with Crippen molar-refractivity contribution >= 4 is 28.2 Å². The summed E-state index contributed by atoms with van der Waals surface area (Å²) in [6, 6.07) is -0.161. The van der Waals surface area contributed by atoms with Crippen LogP contribution in [0.3, 0.4) is 0 Å². The molecular weight excluding hydrogens is 314 g/mol. The maximum absolute atomic E-state index is 12.7. The van der Waals surface area contributed by atoms with Crippen LogP contribution >= 0.6 is 11.3 Å². The Balaban J connectivity index is 1.80. The van der Waals surface area contributed by atoms with Crippen molar-refractivity contribution in [1.82, 2.24) is 14.7 Å². The van der Waals surface area contributed by atoms with Crippen molar-refractivity contribution in [2.75, 3.05) is 7.11 Å². The Morgan fingerprint density at radius 3 is 2.87 bits per heavy atom. The lowest BCUT2D eigenvalue weighted by molar-refractivity contribution is -0.146. The highest BCUT2D eigenvalue weighted by Crippen LogP contribution is 2.26. The number of nitrogens with zero attached hydrogens (tertiary/aromatic N) is 2. The van der Waals surface area contributed by atoms with E-state index >= 15 is 0 Å². The van der Waals surface area contributed by atoms with E-state index in [1.165, 1.54) is 18.4 Å². The van der Waals surface area contributed by atoms with E-state index in [1.807, 2.05) is 17.5 Å². The molecule has 0 saturated heterocycles. The van der Waals surface area contributed by atoms with E-state index < -0.39 is 0 Å². The molecule has 0 aliphatic heterocycles. The zero-order chi connectivity index (χ0) is 16.4. The molecule has 0 spiro atoms. The van der Waals surface area contributed by atoms with Crippen molar-refractivity contribution in [2.24, 2.45) is 5.92 Å². The van der Waals surface area contributed by atoms with Gasteiger partial charge in [0.1, 0.15) is 4.88 Å². The second kappa shape index (κ2) is 6.70. The smallest absolute Gasteiger partial charge is 0.310 e. The largest absolute Gasteiger partial charge is 0.469 e. The summed E-state index contributed by atoms with van der Waals surface area (Å²) in [5, 5.41) is 3.06. The van der Waals surface area contributed by atoms with Gasteiger partial charge in [-0.3, -0.25) is 14.0 Å². The first-order valence-corrected chi connectivity index (χ1v) is 8.74. The molecule has 1 aliphatic carbocycles. The number of hydrogen-bond acceptors (Lipinski definition) is 5. The zero-order valence-electron chi connectivity index (χ0n) is 13.4. The fourth-order valence-corrected chi connectivity index (χ4v) is 4.24. The van der Waals surface area contributed by atoms with E-state index in [0.717, 1.165) is 42.8 Å². The lowest BCUT2D eigenvalue weighted by Gasteiger charge is -2.24. The van der Waals surface area contributed by atoms with E-state index in [-0.39, 0.29) is 23.8 Å². The van der Waals surface area contributed by atoms with Crippen LogP contribution in [-0.2, 0) is 9.53 Å². The summed E-state index contributed by atoms with van der Waals surface area (Å²) in [6.07, 6.45) is 8.26. The highest BCUT2D eigenvalue weighted by atomic mass is 32.1. The number of ether oxygens (including phenoxy) is 1. The summed E-state index contributed by atoms with van der Waals surface area (Å²) in [5.41, 5.74) is 0.878. The van der Waals surface area contributed by atoms with Gasteiger partial charge in [-0.25, -0.2) is 4.98 Å². The molecule has 23 heavy (non-hydrogen) atoms. The van der Waals surface area contributed by atoms with Gasteiger partial charge < -0.3 is 10.1 Å². The molecule has 2 heterocycles. The second-order valence-corrected chi connectivity index (χ2v) is 6.92. The van der Waals surface area contributed by atoms with Crippen LogP contribution in [0.4, 0.5) is 0 Å². The summed E-state index contributed by atoms with van der Waals surface area (Å²) in [4.78, 5) is 30.4. The number of imidazole rings is 1. The van der Waals surface area contributed by atoms with Crippen molar-refractivity contribution in [2.45, 2.75) is 45.1 Å². The SMILES string of the molecule is COC(=O)C1CCCCCC1NC(=O)c1sc2nccn2c1C. The minimum absolute atomic E-state index is 0.126. The molecule has 1 saturated carbocycles. The van der Waals surface area contributed by atoms with Crippen molar-refractivity contribution in [1.29, 1.82) is 0 Å². The van der Waals surface area contributed by atoms with Crippen LogP contribution in [0.1, 0.15) is 47.5 Å². The molecular formula is C16H21N3O3S. The summed E-state index contributed by atoms with van der Waals surface area (Å²) >= 11 is 1.37. The molecule has 1 aliphatic rings. The average Bonchev–Trinajstić information content (AvgIpc) is 3.04. The molecule has 2 aromatic rings. The number of nitrogens with one attached hydrogen (secondary N) is 1. The fraction of sp³-hybridized carbons (Fsp3) is 0.562. The van der Waals surface area contributed by atoms with Gasteiger partial charge in [0.25, 0.3) is 5.91 Å². The van der Waals surface area contributed by atoms with Gasteiger partial charge in [-0.2, -0.15) is 0 Å². The first-order valence-electron chi connectivity index (χ1n) is 7.93. The van der Waals surface area contributed by atoms with Crippen molar-refractivity contribution in [3.05, 3.63) is 23.0 Å². The molecule has 3 rings (SSSR count). The fourth-order valence-electron chi connectivity index (χ4n) is 3.25. The molecule has 2 aromatic heterocycles. The lowest BCUT2D eigenvalue weighted by atomic mass is 9.94. The molecule has 2 atom stereocenters. The molecule has 7 heteroatoms. The highest BCUT2D eigenvalue weighted by molar-refractivity contribution is 7.19. The molecule has 2 unspecified atom stereocenters. The van der Waals surface area contributed by atoms with Gasteiger partial charge in [-0.15, -0.1) is 0 Å². The normalized spacial score (nSPS) is 21.8. The Kier molecular flexibility index (Phi) is 4.66. The lowest BCUT2D eigenvalue weighted by Crippen LogP contribution is -2.43. The van der Waals surface area contributed by atoms with Gasteiger partial charge in [0, 0.05) is 24.1 Å². The number of hydrogen-bond donors (Lipinski definition) is 1. The number of carbonyl (C=O) groups is 2. The van der Waals surface area contributed by atoms with Crippen molar-refractivity contribution in [3.63, 3.8) is 0 Å². The Morgan fingerprint density at radius 1 is 1.35 bits per heavy atom. The second-order valence-electron chi connectivity index (χ2n) is 5.94. The van der Waals surface area contributed by atoms with Crippen LogP contribution in [0.15, 0.2) is 12.4 Å². The van der Waals surface area contributed by atoms with E-state index in [1.54, 1.807) is 6.20 Å². The van der Waals surface area contributed by atoms with E-state index in [4.69, 9.17) is 4.74 Å².